The van der Waals surface area contributed by atoms with E-state index in [1.165, 1.54) is 18.4 Å². The van der Waals surface area contributed by atoms with Gasteiger partial charge in [0.1, 0.15) is 0 Å². The molecule has 0 heterocycles. The summed E-state index contributed by atoms with van der Waals surface area (Å²) in [5.41, 5.74) is 2.54. The van der Waals surface area contributed by atoms with Gasteiger partial charge in [-0.3, -0.25) is 10.1 Å². The molecule has 3 nitrogen and oxygen atoms in total. The predicted octanol–water partition coefficient (Wildman–Crippen LogP) is 3.84. The van der Waals surface area contributed by atoms with Crippen LogP contribution in [0.1, 0.15) is 43.7 Å². The highest BCUT2D eigenvalue weighted by atomic mass is 16.6. The Kier molecular flexibility index (Phi) is 3.27. The second-order valence-corrected chi connectivity index (χ2v) is 4.92. The highest BCUT2D eigenvalue weighted by Crippen LogP contribution is 2.39. The fourth-order valence-corrected chi connectivity index (χ4v) is 1.88. The van der Waals surface area contributed by atoms with E-state index in [0.717, 1.165) is 11.5 Å². The lowest BCUT2D eigenvalue weighted by atomic mass is 10.0. The highest BCUT2D eigenvalue weighted by Gasteiger charge is 2.23. The van der Waals surface area contributed by atoms with Gasteiger partial charge in [0.25, 0.3) is 0 Å². The van der Waals surface area contributed by atoms with E-state index in [9.17, 15) is 10.1 Å². The molecule has 2 rings (SSSR count). The van der Waals surface area contributed by atoms with E-state index in [4.69, 9.17) is 0 Å². The van der Waals surface area contributed by atoms with Crippen LogP contribution in [0.2, 0.25) is 0 Å². The number of hydrogen-bond acceptors (Lipinski definition) is 2. The van der Waals surface area contributed by atoms with Crippen molar-refractivity contribution in [1.29, 1.82) is 0 Å². The van der Waals surface area contributed by atoms with Gasteiger partial charge in [0.05, 0.1) is 4.92 Å². The summed E-state index contributed by atoms with van der Waals surface area (Å²) in [7, 11) is 0. The molecular formula is C14H17NO2. The molecule has 1 aliphatic rings. The smallest absolute Gasteiger partial charge is 0.249 e. The molecule has 0 atom stereocenters. The Morgan fingerprint density at radius 3 is 2.35 bits per heavy atom. The number of rotatable bonds is 4. The second-order valence-electron chi connectivity index (χ2n) is 4.92. The average Bonchev–Trinajstić information content (AvgIpc) is 3.09. The number of hydrogen-bond donors (Lipinski definition) is 0. The van der Waals surface area contributed by atoms with Gasteiger partial charge in [-0.25, -0.2) is 0 Å². The first-order valence-corrected chi connectivity index (χ1v) is 6.04. The van der Waals surface area contributed by atoms with Gasteiger partial charge < -0.3 is 0 Å². The number of benzene rings is 1. The zero-order valence-electron chi connectivity index (χ0n) is 10.2. The summed E-state index contributed by atoms with van der Waals surface area (Å²) >= 11 is 0. The van der Waals surface area contributed by atoms with Crippen molar-refractivity contribution in [1.82, 2.24) is 0 Å². The summed E-state index contributed by atoms with van der Waals surface area (Å²) < 4.78 is 0. The van der Waals surface area contributed by atoms with Gasteiger partial charge in [-0.1, -0.05) is 38.1 Å². The SMILES string of the molecule is CC(C)/C(=C/c1ccc(C2CC2)cc1)[N+](=O)[O-]. The minimum absolute atomic E-state index is 0.0619. The maximum atomic E-state index is 10.9. The van der Waals surface area contributed by atoms with Gasteiger partial charge in [-0.15, -0.1) is 0 Å². The molecule has 3 heteroatoms. The molecule has 90 valence electrons. The van der Waals surface area contributed by atoms with Crippen LogP contribution in [0, 0.1) is 16.0 Å². The molecule has 0 aliphatic heterocycles. The van der Waals surface area contributed by atoms with E-state index in [0.29, 0.717) is 0 Å². The van der Waals surface area contributed by atoms with Crippen LogP contribution in [0.4, 0.5) is 0 Å². The molecule has 0 saturated heterocycles. The lowest BCUT2D eigenvalue weighted by Gasteiger charge is -2.03. The third-order valence-electron chi connectivity index (χ3n) is 3.10. The fourth-order valence-electron chi connectivity index (χ4n) is 1.88. The van der Waals surface area contributed by atoms with Gasteiger partial charge in [-0.2, -0.15) is 0 Å². The largest absolute Gasteiger partial charge is 0.259 e. The Morgan fingerprint density at radius 2 is 1.94 bits per heavy atom. The molecule has 0 spiro atoms. The van der Waals surface area contributed by atoms with Crippen LogP contribution in [0.3, 0.4) is 0 Å². The molecule has 17 heavy (non-hydrogen) atoms. The molecule has 1 aromatic rings. The molecule has 0 aromatic heterocycles. The van der Waals surface area contributed by atoms with Crippen molar-refractivity contribution in [2.45, 2.75) is 32.6 Å². The molecule has 1 saturated carbocycles. The lowest BCUT2D eigenvalue weighted by molar-refractivity contribution is -0.431. The van der Waals surface area contributed by atoms with Crippen molar-refractivity contribution in [2.24, 2.45) is 5.92 Å². The number of nitro groups is 1. The van der Waals surface area contributed by atoms with Crippen LogP contribution in [-0.4, -0.2) is 4.92 Å². The van der Waals surface area contributed by atoms with Gasteiger partial charge in [0.15, 0.2) is 0 Å². The summed E-state index contributed by atoms with van der Waals surface area (Å²) in [5.74, 6) is 0.668. The lowest BCUT2D eigenvalue weighted by Crippen LogP contribution is -2.05. The van der Waals surface area contributed by atoms with Crippen molar-refractivity contribution in [3.8, 4) is 0 Å². The van der Waals surface area contributed by atoms with Crippen molar-refractivity contribution in [3.63, 3.8) is 0 Å². The Morgan fingerprint density at radius 1 is 1.35 bits per heavy atom. The summed E-state index contributed by atoms with van der Waals surface area (Å²) in [6.45, 7) is 3.68. The summed E-state index contributed by atoms with van der Waals surface area (Å²) in [4.78, 5) is 10.6. The molecule has 1 aliphatic carbocycles. The molecule has 1 aromatic carbocycles. The minimum Gasteiger partial charge on any atom is -0.259 e. The van der Waals surface area contributed by atoms with E-state index in [2.05, 4.69) is 12.1 Å². The fraction of sp³-hybridized carbons (Fsp3) is 0.429. The third kappa shape index (κ3) is 2.93. The quantitative estimate of drug-likeness (QED) is 0.583. The molecule has 0 N–H and O–H groups in total. The van der Waals surface area contributed by atoms with Crippen LogP contribution in [-0.2, 0) is 0 Å². The second kappa shape index (κ2) is 4.70. The molecule has 0 radical (unpaired) electrons. The Balaban J connectivity index is 2.21. The zero-order chi connectivity index (χ0) is 12.4. The van der Waals surface area contributed by atoms with Crippen LogP contribution in [0.25, 0.3) is 6.08 Å². The maximum absolute atomic E-state index is 10.9. The van der Waals surface area contributed by atoms with Gasteiger partial charge in [-0.05, 0) is 29.9 Å². The van der Waals surface area contributed by atoms with E-state index in [1.54, 1.807) is 6.08 Å². The molecule has 0 amide bonds. The third-order valence-corrected chi connectivity index (χ3v) is 3.10. The number of nitrogens with zero attached hydrogens (tertiary/aromatic N) is 1. The molecule has 0 bridgehead atoms. The van der Waals surface area contributed by atoms with Gasteiger partial charge in [0.2, 0.25) is 5.70 Å². The van der Waals surface area contributed by atoms with E-state index >= 15 is 0 Å². The maximum Gasteiger partial charge on any atom is 0.249 e. The van der Waals surface area contributed by atoms with E-state index < -0.39 is 0 Å². The van der Waals surface area contributed by atoms with Crippen LogP contribution in [0.5, 0.6) is 0 Å². The van der Waals surface area contributed by atoms with Gasteiger partial charge in [0, 0.05) is 12.0 Å². The molecule has 1 fully saturated rings. The van der Waals surface area contributed by atoms with E-state index in [1.807, 2.05) is 26.0 Å². The van der Waals surface area contributed by atoms with Crippen LogP contribution >= 0.6 is 0 Å². The normalized spacial score (nSPS) is 16.3. The first-order chi connectivity index (χ1) is 8.08. The molecule has 0 unspecified atom stereocenters. The summed E-state index contributed by atoms with van der Waals surface area (Å²) in [6, 6.07) is 8.11. The zero-order valence-corrected chi connectivity index (χ0v) is 10.2. The summed E-state index contributed by atoms with van der Waals surface area (Å²) in [5, 5.41) is 10.9. The predicted molar refractivity (Wildman–Crippen MR) is 68.2 cm³/mol. The van der Waals surface area contributed by atoms with Crippen molar-refractivity contribution in [2.75, 3.05) is 0 Å². The van der Waals surface area contributed by atoms with Crippen molar-refractivity contribution < 1.29 is 4.92 Å². The van der Waals surface area contributed by atoms with Crippen LogP contribution < -0.4 is 0 Å². The topological polar surface area (TPSA) is 43.1 Å². The highest BCUT2D eigenvalue weighted by molar-refractivity contribution is 5.52. The Labute approximate surface area is 101 Å². The summed E-state index contributed by atoms with van der Waals surface area (Å²) in [6.07, 6.45) is 4.23. The standard InChI is InChI=1S/C14H17NO2/c1-10(2)14(15(16)17)9-11-3-5-12(6-4-11)13-7-8-13/h3-6,9-10,13H,7-8H2,1-2H3/b14-9-. The van der Waals surface area contributed by atoms with Crippen LogP contribution in [0.15, 0.2) is 30.0 Å². The number of allylic oxidation sites excluding steroid dienone is 1. The van der Waals surface area contributed by atoms with Crippen molar-refractivity contribution in [3.05, 3.63) is 51.2 Å². The average molecular weight is 231 g/mol. The first-order valence-electron chi connectivity index (χ1n) is 6.04. The van der Waals surface area contributed by atoms with Gasteiger partial charge >= 0.3 is 0 Å². The van der Waals surface area contributed by atoms with E-state index in [-0.39, 0.29) is 16.5 Å². The van der Waals surface area contributed by atoms with Crippen molar-refractivity contribution >= 4 is 6.08 Å². The minimum atomic E-state index is -0.292. The Hall–Kier alpha value is -1.64. The Bertz CT molecular complexity index is 442. The molecular weight excluding hydrogens is 214 g/mol. The monoisotopic (exact) mass is 231 g/mol. The first kappa shape index (κ1) is 11.8.